The SMILES string of the molecule is CCCCCCCCCCCCCC(=O)[O-].OCC(O)CO.[Na+]. The zero-order valence-electron chi connectivity index (χ0n) is 15.1. The van der Waals surface area contributed by atoms with Gasteiger partial charge in [0.2, 0.25) is 0 Å². The van der Waals surface area contributed by atoms with Gasteiger partial charge in [-0.2, -0.15) is 0 Å². The van der Waals surface area contributed by atoms with Crippen molar-refractivity contribution in [1.82, 2.24) is 0 Å². The van der Waals surface area contributed by atoms with E-state index < -0.39 is 12.1 Å². The summed E-state index contributed by atoms with van der Waals surface area (Å²) in [5.41, 5.74) is 0. The molecule has 0 heterocycles. The molecular weight excluding hydrogens is 307 g/mol. The van der Waals surface area contributed by atoms with Gasteiger partial charge in [-0.05, 0) is 12.8 Å². The largest absolute Gasteiger partial charge is 1.00 e. The van der Waals surface area contributed by atoms with E-state index in [0.29, 0.717) is 0 Å². The molecule has 5 nitrogen and oxygen atoms in total. The number of aliphatic hydroxyl groups excluding tert-OH is 3. The molecule has 0 spiro atoms. The normalized spacial score (nSPS) is 9.96. The van der Waals surface area contributed by atoms with Gasteiger partial charge in [-0.25, -0.2) is 0 Å². The first kappa shape index (κ1) is 28.2. The maximum atomic E-state index is 10.1. The average molecular weight is 342 g/mol. The second kappa shape index (κ2) is 24.6. The van der Waals surface area contributed by atoms with Crippen LogP contribution in [0.4, 0.5) is 0 Å². The van der Waals surface area contributed by atoms with Crippen molar-refractivity contribution in [2.24, 2.45) is 0 Å². The van der Waals surface area contributed by atoms with Crippen molar-refractivity contribution in [3.05, 3.63) is 0 Å². The standard InChI is InChI=1S/C14H28O2.C3H8O3.Na/c1-2-3-4-5-6-7-8-9-10-11-12-13-14(15)16;4-1-3(6)2-5;/h2-13H2,1H3,(H,15,16);3-6H,1-2H2;/q;;+1/p-1. The number of aliphatic hydroxyl groups is 3. The van der Waals surface area contributed by atoms with Crippen LogP contribution < -0.4 is 34.7 Å². The first-order chi connectivity index (χ1) is 10.6. The number of carbonyl (C=O) groups excluding carboxylic acids is 1. The predicted octanol–water partition coefficient (Wildman–Crippen LogP) is -1.23. The molecule has 0 bridgehead atoms. The number of hydrogen-bond donors (Lipinski definition) is 3. The number of carboxylic acid groups (broad SMARTS) is 1. The first-order valence-electron chi connectivity index (χ1n) is 8.68. The van der Waals surface area contributed by atoms with Crippen LogP contribution in [-0.4, -0.2) is 40.6 Å². The zero-order chi connectivity index (χ0) is 17.1. The molecule has 0 saturated carbocycles. The fourth-order valence-corrected chi connectivity index (χ4v) is 1.99. The summed E-state index contributed by atoms with van der Waals surface area (Å²) in [6.07, 6.45) is 13.1. The van der Waals surface area contributed by atoms with E-state index in [9.17, 15) is 9.90 Å². The summed E-state index contributed by atoms with van der Waals surface area (Å²) in [6, 6.07) is 0. The van der Waals surface area contributed by atoms with Crippen molar-refractivity contribution in [2.45, 2.75) is 90.1 Å². The van der Waals surface area contributed by atoms with Crippen molar-refractivity contribution in [2.75, 3.05) is 13.2 Å². The van der Waals surface area contributed by atoms with Crippen LogP contribution in [0.25, 0.3) is 0 Å². The number of aliphatic carboxylic acids is 1. The van der Waals surface area contributed by atoms with Gasteiger partial charge in [-0.15, -0.1) is 0 Å². The minimum Gasteiger partial charge on any atom is -0.550 e. The Morgan fingerprint density at radius 3 is 1.43 bits per heavy atom. The summed E-state index contributed by atoms with van der Waals surface area (Å²) in [4.78, 5) is 10.1. The summed E-state index contributed by atoms with van der Waals surface area (Å²) in [5, 5.41) is 34.2. The summed E-state index contributed by atoms with van der Waals surface area (Å²) in [7, 11) is 0. The van der Waals surface area contributed by atoms with Crippen LogP contribution >= 0.6 is 0 Å². The molecule has 0 aromatic rings. The number of rotatable bonds is 14. The number of unbranched alkanes of at least 4 members (excludes halogenated alkanes) is 10. The van der Waals surface area contributed by atoms with Crippen molar-refractivity contribution in [1.29, 1.82) is 0 Å². The van der Waals surface area contributed by atoms with Gasteiger partial charge in [0.25, 0.3) is 0 Å². The third-order valence-electron chi connectivity index (χ3n) is 3.41. The van der Waals surface area contributed by atoms with Gasteiger partial charge < -0.3 is 25.2 Å². The van der Waals surface area contributed by atoms with Crippen LogP contribution in [0.3, 0.4) is 0 Å². The maximum absolute atomic E-state index is 10.1. The Labute approximate surface area is 163 Å². The quantitative estimate of drug-likeness (QED) is 0.271. The van der Waals surface area contributed by atoms with E-state index in [1.807, 2.05) is 0 Å². The van der Waals surface area contributed by atoms with Gasteiger partial charge in [-0.1, -0.05) is 71.1 Å². The average Bonchev–Trinajstić information content (AvgIpc) is 2.52. The molecule has 0 atom stereocenters. The molecule has 0 amide bonds. The van der Waals surface area contributed by atoms with Crippen LogP contribution in [0.2, 0.25) is 0 Å². The smallest absolute Gasteiger partial charge is 0.550 e. The molecule has 0 aromatic carbocycles. The van der Waals surface area contributed by atoms with Gasteiger partial charge >= 0.3 is 29.6 Å². The molecule has 0 unspecified atom stereocenters. The Morgan fingerprint density at radius 1 is 0.826 bits per heavy atom. The third kappa shape index (κ3) is 30.7. The third-order valence-corrected chi connectivity index (χ3v) is 3.41. The molecule has 23 heavy (non-hydrogen) atoms. The van der Waals surface area contributed by atoms with Crippen LogP contribution in [0.1, 0.15) is 84.0 Å². The van der Waals surface area contributed by atoms with Gasteiger partial charge in [-0.3, -0.25) is 0 Å². The summed E-state index contributed by atoms with van der Waals surface area (Å²) >= 11 is 0. The molecule has 3 N–H and O–H groups in total. The van der Waals surface area contributed by atoms with Gasteiger partial charge in [0, 0.05) is 5.97 Å². The topological polar surface area (TPSA) is 101 Å². The van der Waals surface area contributed by atoms with Gasteiger partial charge in [0.1, 0.15) is 6.10 Å². The second-order valence-electron chi connectivity index (χ2n) is 5.68. The molecular formula is C17H35NaO5. The summed E-state index contributed by atoms with van der Waals surface area (Å²) < 4.78 is 0. The van der Waals surface area contributed by atoms with Crippen molar-refractivity contribution in [3.8, 4) is 0 Å². The summed E-state index contributed by atoms with van der Waals surface area (Å²) in [6.45, 7) is 1.51. The Kier molecular flexibility index (Phi) is 30.1. The first-order valence-corrected chi connectivity index (χ1v) is 8.68. The van der Waals surface area contributed by atoms with Crippen molar-refractivity contribution in [3.63, 3.8) is 0 Å². The number of carboxylic acids is 1. The molecule has 0 rings (SSSR count). The molecule has 0 fully saturated rings. The van der Waals surface area contributed by atoms with Crippen LogP contribution in [0.15, 0.2) is 0 Å². The van der Waals surface area contributed by atoms with Crippen LogP contribution in [0, 0.1) is 0 Å². The Morgan fingerprint density at radius 2 is 1.17 bits per heavy atom. The Hall–Kier alpha value is 0.350. The van der Waals surface area contributed by atoms with Crippen molar-refractivity contribution < 1.29 is 54.8 Å². The van der Waals surface area contributed by atoms with E-state index in [4.69, 9.17) is 15.3 Å². The molecule has 0 aliphatic heterocycles. The summed E-state index contributed by atoms with van der Waals surface area (Å²) in [5.74, 6) is -0.907. The van der Waals surface area contributed by atoms with E-state index in [1.54, 1.807) is 0 Å². The van der Waals surface area contributed by atoms with Crippen LogP contribution in [0.5, 0.6) is 0 Å². The molecule has 6 heteroatoms. The van der Waals surface area contributed by atoms with Gasteiger partial charge in [0.15, 0.2) is 0 Å². The molecule has 0 radical (unpaired) electrons. The fourth-order valence-electron chi connectivity index (χ4n) is 1.99. The molecule has 0 aliphatic rings. The monoisotopic (exact) mass is 342 g/mol. The van der Waals surface area contributed by atoms with E-state index in [-0.39, 0.29) is 49.2 Å². The van der Waals surface area contributed by atoms with Crippen LogP contribution in [-0.2, 0) is 4.79 Å². The molecule has 0 aromatic heterocycles. The van der Waals surface area contributed by atoms with E-state index in [2.05, 4.69) is 6.92 Å². The second-order valence-corrected chi connectivity index (χ2v) is 5.68. The zero-order valence-corrected chi connectivity index (χ0v) is 17.1. The minimum absolute atomic E-state index is 0. The molecule has 0 aliphatic carbocycles. The van der Waals surface area contributed by atoms with Crippen molar-refractivity contribution >= 4 is 5.97 Å². The molecule has 0 saturated heterocycles. The Bertz CT molecular complexity index is 223. The maximum Gasteiger partial charge on any atom is 1.00 e. The van der Waals surface area contributed by atoms with E-state index in [0.717, 1.165) is 12.8 Å². The van der Waals surface area contributed by atoms with Gasteiger partial charge in [0.05, 0.1) is 13.2 Å². The fraction of sp³-hybridized carbons (Fsp3) is 0.941. The van der Waals surface area contributed by atoms with E-state index in [1.165, 1.54) is 57.8 Å². The predicted molar refractivity (Wildman–Crippen MR) is 86.3 cm³/mol. The Balaban J connectivity index is -0.000000487. The molecule has 134 valence electrons. The minimum atomic E-state index is -0.954. The number of hydrogen-bond acceptors (Lipinski definition) is 5. The number of carbonyl (C=O) groups is 1. The van der Waals surface area contributed by atoms with E-state index >= 15 is 0 Å².